The maximum Gasteiger partial charge on any atom is 0.410 e. The van der Waals surface area contributed by atoms with E-state index in [1.54, 1.807) is 4.90 Å². The first-order chi connectivity index (χ1) is 7.72. The predicted octanol–water partition coefficient (Wildman–Crippen LogP) is 1.13. The highest BCUT2D eigenvalue weighted by atomic mass is 16.6. The first-order valence-corrected chi connectivity index (χ1v) is 5.99. The second-order valence-corrected chi connectivity index (χ2v) is 6.16. The number of nitrogens with zero attached hydrogens (tertiary/aromatic N) is 1. The summed E-state index contributed by atoms with van der Waals surface area (Å²) in [7, 11) is 0. The summed E-state index contributed by atoms with van der Waals surface area (Å²) in [4.78, 5) is 24.8. The van der Waals surface area contributed by atoms with E-state index in [-0.39, 0.29) is 23.5 Å². The molecule has 0 radical (unpaired) electrons. The summed E-state index contributed by atoms with van der Waals surface area (Å²) >= 11 is 0. The van der Waals surface area contributed by atoms with Crippen molar-refractivity contribution in [3.8, 4) is 0 Å². The zero-order chi connectivity index (χ0) is 12.8. The molecule has 17 heavy (non-hydrogen) atoms. The summed E-state index contributed by atoms with van der Waals surface area (Å²) in [5.74, 6) is 0.0846. The minimum Gasteiger partial charge on any atom is -0.444 e. The average Bonchev–Trinajstić information content (AvgIpc) is 2.34. The van der Waals surface area contributed by atoms with E-state index in [0.29, 0.717) is 19.5 Å². The molecule has 0 aromatic heterocycles. The molecule has 5 heteroatoms. The van der Waals surface area contributed by atoms with E-state index in [0.717, 1.165) is 0 Å². The fourth-order valence-corrected chi connectivity index (χ4v) is 2.47. The van der Waals surface area contributed by atoms with Crippen LogP contribution in [0.15, 0.2) is 0 Å². The Labute approximate surface area is 101 Å². The van der Waals surface area contributed by atoms with Crippen LogP contribution in [0.2, 0.25) is 0 Å². The molecule has 2 aliphatic heterocycles. The van der Waals surface area contributed by atoms with E-state index >= 15 is 0 Å². The van der Waals surface area contributed by atoms with Crippen molar-refractivity contribution in [1.82, 2.24) is 10.2 Å². The first-order valence-electron chi connectivity index (χ1n) is 5.99. The third kappa shape index (κ3) is 2.23. The Morgan fingerprint density at radius 1 is 1.47 bits per heavy atom. The van der Waals surface area contributed by atoms with Crippen LogP contribution in [0.5, 0.6) is 0 Å². The van der Waals surface area contributed by atoms with Gasteiger partial charge in [-0.1, -0.05) is 0 Å². The zero-order valence-corrected chi connectivity index (χ0v) is 10.9. The topological polar surface area (TPSA) is 58.6 Å². The van der Waals surface area contributed by atoms with Crippen molar-refractivity contribution < 1.29 is 14.3 Å². The largest absolute Gasteiger partial charge is 0.444 e. The Morgan fingerprint density at radius 3 is 2.47 bits per heavy atom. The SMILES string of the molecule is CC1NC(=O)CC12CN(C(=O)OC(C)(C)C)C2. The van der Waals surface area contributed by atoms with Gasteiger partial charge in [0.15, 0.2) is 0 Å². The predicted molar refractivity (Wildman–Crippen MR) is 62.5 cm³/mol. The van der Waals surface area contributed by atoms with Gasteiger partial charge in [0.25, 0.3) is 0 Å². The molecule has 2 fully saturated rings. The van der Waals surface area contributed by atoms with Gasteiger partial charge in [0.1, 0.15) is 5.60 Å². The number of hydrogen-bond acceptors (Lipinski definition) is 3. The molecule has 1 unspecified atom stereocenters. The Balaban J connectivity index is 1.90. The summed E-state index contributed by atoms with van der Waals surface area (Å²) in [5.41, 5.74) is -0.525. The molecular weight excluding hydrogens is 220 g/mol. The maximum atomic E-state index is 11.8. The third-order valence-electron chi connectivity index (χ3n) is 3.47. The molecule has 0 saturated carbocycles. The number of nitrogens with one attached hydrogen (secondary N) is 1. The van der Waals surface area contributed by atoms with Gasteiger partial charge >= 0.3 is 6.09 Å². The fraction of sp³-hybridized carbons (Fsp3) is 0.833. The Bertz CT molecular complexity index is 353. The molecule has 0 aromatic rings. The smallest absolute Gasteiger partial charge is 0.410 e. The van der Waals surface area contributed by atoms with Gasteiger partial charge in [-0.2, -0.15) is 0 Å². The minimum atomic E-state index is -0.463. The molecule has 1 atom stereocenters. The van der Waals surface area contributed by atoms with Crippen molar-refractivity contribution >= 4 is 12.0 Å². The van der Waals surface area contributed by atoms with Gasteiger partial charge in [0.05, 0.1) is 0 Å². The molecule has 0 bridgehead atoms. The lowest BCUT2D eigenvalue weighted by atomic mass is 9.74. The van der Waals surface area contributed by atoms with Gasteiger partial charge in [0.2, 0.25) is 5.91 Å². The molecule has 1 spiro atoms. The van der Waals surface area contributed by atoms with Crippen molar-refractivity contribution in [1.29, 1.82) is 0 Å². The van der Waals surface area contributed by atoms with Crippen LogP contribution < -0.4 is 5.32 Å². The van der Waals surface area contributed by atoms with E-state index < -0.39 is 5.60 Å². The summed E-state index contributed by atoms with van der Waals surface area (Å²) in [6, 6.07) is 0.147. The van der Waals surface area contributed by atoms with Gasteiger partial charge in [0, 0.05) is 31.0 Å². The van der Waals surface area contributed by atoms with Crippen molar-refractivity contribution in [2.45, 2.75) is 45.8 Å². The van der Waals surface area contributed by atoms with Crippen LogP contribution in [0, 0.1) is 5.41 Å². The minimum absolute atomic E-state index is 0.0615. The van der Waals surface area contributed by atoms with Gasteiger partial charge in [-0.3, -0.25) is 4.79 Å². The molecular formula is C12H20N2O3. The number of carbonyl (C=O) groups excluding carboxylic acids is 2. The summed E-state index contributed by atoms with van der Waals surface area (Å²) < 4.78 is 5.29. The van der Waals surface area contributed by atoms with Gasteiger partial charge in [-0.15, -0.1) is 0 Å². The second-order valence-electron chi connectivity index (χ2n) is 6.16. The fourth-order valence-electron chi connectivity index (χ4n) is 2.47. The Kier molecular flexibility index (Phi) is 2.60. The standard InChI is InChI=1S/C12H20N2O3/c1-8-12(5-9(15)13-8)6-14(7-12)10(16)17-11(2,3)4/h8H,5-7H2,1-4H3,(H,13,15). The number of likely N-dealkylation sites (tertiary alicyclic amines) is 1. The van der Waals surface area contributed by atoms with E-state index in [2.05, 4.69) is 5.32 Å². The normalized spacial score (nSPS) is 26.7. The molecule has 2 aliphatic rings. The molecule has 2 amide bonds. The highest BCUT2D eigenvalue weighted by Crippen LogP contribution is 2.41. The van der Waals surface area contributed by atoms with E-state index in [9.17, 15) is 9.59 Å². The van der Waals surface area contributed by atoms with E-state index in [1.165, 1.54) is 0 Å². The molecule has 96 valence electrons. The molecule has 0 aliphatic carbocycles. The molecule has 2 rings (SSSR count). The van der Waals surface area contributed by atoms with E-state index in [4.69, 9.17) is 4.74 Å². The van der Waals surface area contributed by atoms with Crippen LogP contribution in [-0.2, 0) is 9.53 Å². The summed E-state index contributed by atoms with van der Waals surface area (Å²) in [6.45, 7) is 8.78. The quantitative estimate of drug-likeness (QED) is 0.690. The Morgan fingerprint density at radius 2 is 2.06 bits per heavy atom. The highest BCUT2D eigenvalue weighted by Gasteiger charge is 2.54. The van der Waals surface area contributed by atoms with Crippen molar-refractivity contribution in [2.75, 3.05) is 13.1 Å². The molecule has 2 heterocycles. The van der Waals surface area contributed by atoms with Crippen LogP contribution in [-0.4, -0.2) is 41.6 Å². The summed E-state index contributed by atoms with van der Waals surface area (Å²) in [6.07, 6.45) is 0.239. The number of rotatable bonds is 0. The summed E-state index contributed by atoms with van der Waals surface area (Å²) in [5, 5.41) is 2.90. The Hall–Kier alpha value is -1.26. The lowest BCUT2D eigenvalue weighted by Gasteiger charge is -2.49. The van der Waals surface area contributed by atoms with Crippen molar-refractivity contribution in [2.24, 2.45) is 5.41 Å². The molecule has 2 saturated heterocycles. The van der Waals surface area contributed by atoms with Gasteiger partial charge < -0.3 is 15.0 Å². The van der Waals surface area contributed by atoms with Crippen LogP contribution in [0.1, 0.15) is 34.1 Å². The number of amides is 2. The number of ether oxygens (including phenoxy) is 1. The highest BCUT2D eigenvalue weighted by molar-refractivity contribution is 5.81. The number of carbonyl (C=O) groups is 2. The average molecular weight is 240 g/mol. The van der Waals surface area contributed by atoms with E-state index in [1.807, 2.05) is 27.7 Å². The molecule has 1 N–H and O–H groups in total. The molecule has 5 nitrogen and oxygen atoms in total. The first kappa shape index (κ1) is 12.2. The third-order valence-corrected chi connectivity index (χ3v) is 3.47. The second kappa shape index (κ2) is 3.62. The number of hydrogen-bond donors (Lipinski definition) is 1. The zero-order valence-electron chi connectivity index (χ0n) is 10.9. The van der Waals surface area contributed by atoms with Crippen LogP contribution in [0.3, 0.4) is 0 Å². The lowest BCUT2D eigenvalue weighted by Crippen LogP contribution is -2.62. The lowest BCUT2D eigenvalue weighted by molar-refractivity contribution is -0.120. The van der Waals surface area contributed by atoms with Crippen LogP contribution in [0.25, 0.3) is 0 Å². The molecule has 0 aromatic carbocycles. The van der Waals surface area contributed by atoms with Crippen LogP contribution in [0.4, 0.5) is 4.79 Å². The van der Waals surface area contributed by atoms with Crippen molar-refractivity contribution in [3.63, 3.8) is 0 Å². The maximum absolute atomic E-state index is 11.8. The van der Waals surface area contributed by atoms with Crippen molar-refractivity contribution in [3.05, 3.63) is 0 Å². The monoisotopic (exact) mass is 240 g/mol. The van der Waals surface area contributed by atoms with Gasteiger partial charge in [-0.05, 0) is 27.7 Å². The van der Waals surface area contributed by atoms with Gasteiger partial charge in [-0.25, -0.2) is 4.79 Å². The van der Waals surface area contributed by atoms with Crippen LogP contribution >= 0.6 is 0 Å².